The van der Waals surface area contributed by atoms with E-state index in [0.717, 1.165) is 25.0 Å². The van der Waals surface area contributed by atoms with Crippen molar-refractivity contribution in [2.45, 2.75) is 25.9 Å². The summed E-state index contributed by atoms with van der Waals surface area (Å²) >= 11 is 6.49. The van der Waals surface area contributed by atoms with Gasteiger partial charge in [0.25, 0.3) is 11.5 Å². The van der Waals surface area contributed by atoms with Crippen LogP contribution in [0.2, 0.25) is 0 Å². The van der Waals surface area contributed by atoms with Gasteiger partial charge in [-0.2, -0.15) is 0 Å². The molecule has 0 spiro atoms. The lowest BCUT2D eigenvalue weighted by Gasteiger charge is -2.15. The van der Waals surface area contributed by atoms with Crippen molar-refractivity contribution in [3.63, 3.8) is 0 Å². The van der Waals surface area contributed by atoms with Crippen molar-refractivity contribution >= 4 is 51.7 Å². The van der Waals surface area contributed by atoms with E-state index in [9.17, 15) is 9.59 Å². The fourth-order valence-corrected chi connectivity index (χ4v) is 4.77. The third kappa shape index (κ3) is 3.92. The molecule has 30 heavy (non-hydrogen) atoms. The van der Waals surface area contributed by atoms with E-state index in [-0.39, 0.29) is 17.6 Å². The van der Waals surface area contributed by atoms with Crippen LogP contribution in [0.4, 0.5) is 5.82 Å². The number of rotatable bonds is 6. The lowest BCUT2D eigenvalue weighted by atomic mass is 10.2. The van der Waals surface area contributed by atoms with Crippen LogP contribution in [-0.4, -0.2) is 50.3 Å². The molecular formula is C21H22N4O3S2. The molecule has 4 rings (SSSR count). The standard InChI is InChI=1S/C21H22N4O3S2/c1-3-8-25-20(27)16(30-21(25)29)11-15-17(22-12-14-7-5-10-28-14)23-18-13(2)6-4-9-24(18)19(15)26/h3-4,6,9,11,14,22H,1,5,7-8,10,12H2,2H3/b16-11+/t14-/m0/s1. The predicted octanol–water partition coefficient (Wildman–Crippen LogP) is 2.98. The number of nitrogens with one attached hydrogen (secondary N) is 1. The summed E-state index contributed by atoms with van der Waals surface area (Å²) < 4.78 is 7.63. The molecule has 2 aliphatic rings. The second-order valence-corrected chi connectivity index (χ2v) is 8.84. The van der Waals surface area contributed by atoms with Crippen molar-refractivity contribution in [1.82, 2.24) is 14.3 Å². The summed E-state index contributed by atoms with van der Waals surface area (Å²) in [6, 6.07) is 3.71. The van der Waals surface area contributed by atoms with E-state index < -0.39 is 0 Å². The average molecular weight is 443 g/mol. The third-order valence-electron chi connectivity index (χ3n) is 5.07. The Bertz CT molecular complexity index is 1120. The minimum Gasteiger partial charge on any atom is -0.376 e. The molecule has 0 radical (unpaired) electrons. The quantitative estimate of drug-likeness (QED) is 0.419. The first-order valence-electron chi connectivity index (χ1n) is 9.73. The molecule has 0 aliphatic carbocycles. The van der Waals surface area contributed by atoms with E-state index in [1.54, 1.807) is 24.4 Å². The van der Waals surface area contributed by atoms with Crippen LogP contribution in [0.3, 0.4) is 0 Å². The monoisotopic (exact) mass is 442 g/mol. The van der Waals surface area contributed by atoms with Gasteiger partial charge in [-0.25, -0.2) is 4.98 Å². The maximum absolute atomic E-state index is 13.3. The van der Waals surface area contributed by atoms with Gasteiger partial charge in [-0.1, -0.05) is 36.1 Å². The number of aryl methyl sites for hydroxylation is 1. The van der Waals surface area contributed by atoms with Crippen molar-refractivity contribution in [3.8, 4) is 0 Å². The maximum atomic E-state index is 13.3. The molecule has 2 saturated heterocycles. The minimum absolute atomic E-state index is 0.0840. The van der Waals surface area contributed by atoms with Crippen molar-refractivity contribution in [3.05, 3.63) is 57.4 Å². The van der Waals surface area contributed by atoms with E-state index in [0.29, 0.717) is 39.3 Å². The van der Waals surface area contributed by atoms with Crippen LogP contribution in [0.1, 0.15) is 24.0 Å². The number of thiocarbonyl (C=S) groups is 1. The van der Waals surface area contributed by atoms with E-state index in [1.807, 2.05) is 13.0 Å². The van der Waals surface area contributed by atoms with Crippen LogP contribution in [0.25, 0.3) is 11.7 Å². The molecule has 0 unspecified atom stereocenters. The topological polar surface area (TPSA) is 75.9 Å². The van der Waals surface area contributed by atoms with Crippen LogP contribution in [0, 0.1) is 6.92 Å². The Balaban J connectivity index is 1.78. The SMILES string of the molecule is C=CCN1C(=O)/C(=C\c2c(NC[C@@H]3CCCO3)nc3c(C)cccn3c2=O)SC1=S. The zero-order chi connectivity index (χ0) is 21.3. The molecular weight excluding hydrogens is 420 g/mol. The molecule has 2 fully saturated rings. The molecule has 2 aromatic rings. The highest BCUT2D eigenvalue weighted by atomic mass is 32.2. The van der Waals surface area contributed by atoms with Gasteiger partial charge in [0.2, 0.25) is 0 Å². The van der Waals surface area contributed by atoms with E-state index >= 15 is 0 Å². The highest BCUT2D eigenvalue weighted by molar-refractivity contribution is 8.26. The molecule has 2 aromatic heterocycles. The Morgan fingerprint density at radius 1 is 1.47 bits per heavy atom. The molecule has 2 aliphatic heterocycles. The fourth-order valence-electron chi connectivity index (χ4n) is 3.51. The van der Waals surface area contributed by atoms with Gasteiger partial charge in [-0.05, 0) is 37.5 Å². The van der Waals surface area contributed by atoms with Gasteiger partial charge >= 0.3 is 0 Å². The summed E-state index contributed by atoms with van der Waals surface area (Å²) in [4.78, 5) is 32.6. The predicted molar refractivity (Wildman–Crippen MR) is 124 cm³/mol. The first-order valence-corrected chi connectivity index (χ1v) is 11.0. The number of amides is 1. The number of hydrogen-bond acceptors (Lipinski definition) is 7. The largest absolute Gasteiger partial charge is 0.376 e. The molecule has 7 nitrogen and oxygen atoms in total. The number of thioether (sulfide) groups is 1. The number of carbonyl (C=O) groups excluding carboxylic acids is 1. The van der Waals surface area contributed by atoms with Gasteiger partial charge in [0.05, 0.1) is 16.6 Å². The molecule has 0 aromatic carbocycles. The van der Waals surface area contributed by atoms with E-state index in [1.165, 1.54) is 21.1 Å². The Kier molecular flexibility index (Phi) is 6.03. The summed E-state index contributed by atoms with van der Waals surface area (Å²) in [5.74, 6) is 0.211. The fraction of sp³-hybridized carbons (Fsp3) is 0.333. The summed E-state index contributed by atoms with van der Waals surface area (Å²) in [6.45, 7) is 7.21. The van der Waals surface area contributed by atoms with Gasteiger partial charge < -0.3 is 10.1 Å². The highest BCUT2D eigenvalue weighted by Crippen LogP contribution is 2.33. The minimum atomic E-state index is -0.243. The van der Waals surface area contributed by atoms with Crippen LogP contribution >= 0.6 is 24.0 Å². The summed E-state index contributed by atoms with van der Waals surface area (Å²) in [7, 11) is 0. The van der Waals surface area contributed by atoms with Crippen molar-refractivity contribution in [1.29, 1.82) is 0 Å². The van der Waals surface area contributed by atoms with Gasteiger partial charge in [0.15, 0.2) is 0 Å². The van der Waals surface area contributed by atoms with E-state index in [4.69, 9.17) is 21.9 Å². The first kappa shape index (κ1) is 20.8. The lowest BCUT2D eigenvalue weighted by Crippen LogP contribution is -2.28. The van der Waals surface area contributed by atoms with Crippen LogP contribution in [0.15, 0.2) is 40.7 Å². The Hall–Kier alpha value is -2.49. The maximum Gasteiger partial charge on any atom is 0.267 e. The third-order valence-corrected chi connectivity index (χ3v) is 6.44. The van der Waals surface area contributed by atoms with Crippen molar-refractivity contribution in [2.24, 2.45) is 0 Å². The van der Waals surface area contributed by atoms with Gasteiger partial charge in [-0.15, -0.1) is 6.58 Å². The van der Waals surface area contributed by atoms with Gasteiger partial charge in [-0.3, -0.25) is 18.9 Å². The van der Waals surface area contributed by atoms with Crippen molar-refractivity contribution < 1.29 is 9.53 Å². The average Bonchev–Trinajstić information content (AvgIpc) is 3.34. The number of nitrogens with zero attached hydrogens (tertiary/aromatic N) is 3. The number of anilines is 1. The number of fused-ring (bicyclic) bond motifs is 1. The Morgan fingerprint density at radius 2 is 2.30 bits per heavy atom. The molecule has 0 bridgehead atoms. The second-order valence-electron chi connectivity index (χ2n) is 7.16. The van der Waals surface area contributed by atoms with Crippen LogP contribution < -0.4 is 10.9 Å². The highest BCUT2D eigenvalue weighted by Gasteiger charge is 2.32. The summed E-state index contributed by atoms with van der Waals surface area (Å²) in [5, 5.41) is 3.27. The number of carbonyl (C=O) groups is 1. The zero-order valence-electron chi connectivity index (χ0n) is 16.6. The lowest BCUT2D eigenvalue weighted by molar-refractivity contribution is -0.121. The summed E-state index contributed by atoms with van der Waals surface area (Å²) in [5.41, 5.74) is 1.55. The number of pyridine rings is 1. The van der Waals surface area contributed by atoms with Gasteiger partial charge in [0.1, 0.15) is 15.8 Å². The van der Waals surface area contributed by atoms with Gasteiger partial charge in [0, 0.05) is 25.9 Å². The number of ether oxygens (including phenoxy) is 1. The number of aromatic nitrogens is 2. The van der Waals surface area contributed by atoms with Crippen LogP contribution in [-0.2, 0) is 9.53 Å². The molecule has 1 N–H and O–H groups in total. The van der Waals surface area contributed by atoms with Crippen molar-refractivity contribution in [2.75, 3.05) is 25.0 Å². The molecule has 9 heteroatoms. The Labute approximate surface area is 183 Å². The molecule has 1 amide bonds. The summed E-state index contributed by atoms with van der Waals surface area (Å²) in [6.07, 6.45) is 6.97. The zero-order valence-corrected chi connectivity index (χ0v) is 18.2. The second kappa shape index (κ2) is 8.71. The number of hydrogen-bond donors (Lipinski definition) is 1. The molecule has 1 atom stereocenters. The van der Waals surface area contributed by atoms with E-state index in [2.05, 4.69) is 11.9 Å². The Morgan fingerprint density at radius 3 is 3.03 bits per heavy atom. The molecule has 4 heterocycles. The molecule has 0 saturated carbocycles. The first-order chi connectivity index (χ1) is 14.5. The van der Waals surface area contributed by atoms with Crippen LogP contribution in [0.5, 0.6) is 0 Å². The smallest absolute Gasteiger partial charge is 0.267 e. The normalized spacial score (nSPS) is 20.5. The molecule has 156 valence electrons.